The van der Waals surface area contributed by atoms with Crippen molar-refractivity contribution in [2.24, 2.45) is 0 Å². The topological polar surface area (TPSA) is 34.9 Å². The first-order valence-electron chi connectivity index (χ1n) is 6.90. The summed E-state index contributed by atoms with van der Waals surface area (Å²) in [7, 11) is 0. The molecule has 0 unspecified atom stereocenters. The van der Waals surface area contributed by atoms with Crippen LogP contribution in [-0.2, 0) is 6.42 Å². The minimum Gasteiger partial charge on any atom is -0.267 e. The maximum atomic E-state index is 12.8. The number of nitrogens with zero attached hydrogens (tertiary/aromatic N) is 2. The molecule has 21 heavy (non-hydrogen) atoms. The number of para-hydroxylation sites is 1. The fourth-order valence-corrected chi connectivity index (χ4v) is 3.13. The van der Waals surface area contributed by atoms with Gasteiger partial charge < -0.3 is 0 Å². The maximum Gasteiger partial charge on any atom is 0.279 e. The van der Waals surface area contributed by atoms with Crippen molar-refractivity contribution < 1.29 is 0 Å². The highest BCUT2D eigenvalue weighted by Crippen LogP contribution is 2.25. The Balaban J connectivity index is 2.44. The first-order valence-corrected chi connectivity index (χ1v) is 7.69. The molecule has 0 saturated heterocycles. The lowest BCUT2D eigenvalue weighted by molar-refractivity contribution is 0.777. The quantitative estimate of drug-likeness (QED) is 0.704. The number of halogens is 1. The Labute approximate surface area is 131 Å². The minimum absolute atomic E-state index is 0.0854. The summed E-state index contributed by atoms with van der Waals surface area (Å²) in [5.41, 5.74) is 2.70. The Bertz CT molecular complexity index is 884. The van der Waals surface area contributed by atoms with Gasteiger partial charge in [-0.1, -0.05) is 47.1 Å². The summed E-state index contributed by atoms with van der Waals surface area (Å²) in [5.74, 6) is 0. The molecule has 0 bridgehead atoms. The van der Waals surface area contributed by atoms with E-state index in [9.17, 15) is 4.79 Å². The second-order valence-electron chi connectivity index (χ2n) is 4.97. The number of rotatable bonds is 2. The molecule has 0 aliphatic heterocycles. The van der Waals surface area contributed by atoms with Gasteiger partial charge in [-0.3, -0.25) is 4.79 Å². The predicted octanol–water partition coefficient (Wildman–Crippen LogP) is 4.02. The van der Waals surface area contributed by atoms with Crippen molar-refractivity contribution in [3.05, 3.63) is 68.5 Å². The monoisotopic (exact) mass is 342 g/mol. The van der Waals surface area contributed by atoms with Gasteiger partial charge >= 0.3 is 0 Å². The van der Waals surface area contributed by atoms with Crippen LogP contribution in [-0.4, -0.2) is 9.78 Å². The van der Waals surface area contributed by atoms with Gasteiger partial charge in [0.25, 0.3) is 5.56 Å². The fraction of sp³-hybridized carbons (Fsp3) is 0.176. The molecule has 106 valence electrons. The second kappa shape index (κ2) is 5.45. The Morgan fingerprint density at radius 3 is 2.62 bits per heavy atom. The Morgan fingerprint density at radius 2 is 1.90 bits per heavy atom. The van der Waals surface area contributed by atoms with E-state index in [-0.39, 0.29) is 5.56 Å². The van der Waals surface area contributed by atoms with Gasteiger partial charge in [0.05, 0.1) is 16.8 Å². The van der Waals surface area contributed by atoms with Crippen LogP contribution < -0.4 is 5.56 Å². The van der Waals surface area contributed by atoms with Crippen LogP contribution in [0.3, 0.4) is 0 Å². The molecule has 0 fully saturated rings. The van der Waals surface area contributed by atoms with E-state index >= 15 is 0 Å². The molecule has 0 radical (unpaired) electrons. The third-order valence-corrected chi connectivity index (χ3v) is 4.29. The van der Waals surface area contributed by atoms with E-state index < -0.39 is 0 Å². The van der Waals surface area contributed by atoms with Gasteiger partial charge in [0, 0.05) is 9.86 Å². The lowest BCUT2D eigenvalue weighted by Crippen LogP contribution is -2.23. The Morgan fingerprint density at radius 1 is 1.14 bits per heavy atom. The summed E-state index contributed by atoms with van der Waals surface area (Å²) in [6, 6.07) is 13.5. The van der Waals surface area contributed by atoms with Crippen molar-refractivity contribution in [3.63, 3.8) is 0 Å². The van der Waals surface area contributed by atoms with Crippen molar-refractivity contribution in [2.75, 3.05) is 0 Å². The summed E-state index contributed by atoms with van der Waals surface area (Å²) in [5, 5.41) is 6.19. The Kier molecular flexibility index (Phi) is 3.64. The van der Waals surface area contributed by atoms with Crippen molar-refractivity contribution >= 4 is 26.7 Å². The highest BCUT2D eigenvalue weighted by Gasteiger charge is 2.13. The molecule has 3 nitrogen and oxygen atoms in total. The highest BCUT2D eigenvalue weighted by molar-refractivity contribution is 9.10. The zero-order valence-corrected chi connectivity index (χ0v) is 13.5. The van der Waals surface area contributed by atoms with Crippen molar-refractivity contribution in [1.82, 2.24) is 9.78 Å². The van der Waals surface area contributed by atoms with Crippen LogP contribution >= 0.6 is 15.9 Å². The zero-order valence-electron chi connectivity index (χ0n) is 11.9. The van der Waals surface area contributed by atoms with Crippen LogP contribution in [0.25, 0.3) is 16.5 Å². The van der Waals surface area contributed by atoms with Gasteiger partial charge in [-0.05, 0) is 37.1 Å². The third-order valence-electron chi connectivity index (χ3n) is 3.62. The molecular formula is C17H15BrN2O. The van der Waals surface area contributed by atoms with Crippen molar-refractivity contribution in [1.29, 1.82) is 0 Å². The van der Waals surface area contributed by atoms with Crippen LogP contribution in [0, 0.1) is 6.92 Å². The summed E-state index contributed by atoms with van der Waals surface area (Å²) < 4.78 is 2.43. The van der Waals surface area contributed by atoms with Crippen molar-refractivity contribution in [2.45, 2.75) is 20.3 Å². The second-order valence-corrected chi connectivity index (χ2v) is 5.82. The molecule has 0 N–H and O–H groups in total. The summed E-state index contributed by atoms with van der Waals surface area (Å²) in [4.78, 5) is 12.8. The largest absolute Gasteiger partial charge is 0.279 e. The van der Waals surface area contributed by atoms with E-state index in [1.54, 1.807) is 0 Å². The van der Waals surface area contributed by atoms with Crippen LogP contribution in [0.1, 0.15) is 18.2 Å². The van der Waals surface area contributed by atoms with Crippen molar-refractivity contribution in [3.8, 4) is 5.69 Å². The summed E-state index contributed by atoms with van der Waals surface area (Å²) in [6.45, 7) is 4.04. The van der Waals surface area contributed by atoms with E-state index in [2.05, 4.69) is 21.0 Å². The summed E-state index contributed by atoms with van der Waals surface area (Å²) >= 11 is 3.53. The molecule has 0 aliphatic rings. The fourth-order valence-electron chi connectivity index (χ4n) is 2.54. The van der Waals surface area contributed by atoms with E-state index in [1.165, 1.54) is 4.68 Å². The molecule has 1 aromatic heterocycles. The lowest BCUT2D eigenvalue weighted by Gasteiger charge is -2.12. The molecular weight excluding hydrogens is 328 g/mol. The normalized spacial score (nSPS) is 11.0. The number of aromatic nitrogens is 2. The predicted molar refractivity (Wildman–Crippen MR) is 89.2 cm³/mol. The Hall–Kier alpha value is -1.94. The van der Waals surface area contributed by atoms with Crippen LogP contribution in [0.5, 0.6) is 0 Å². The molecule has 0 spiro atoms. The standard InChI is InChI=1S/C17H15BrN2O/c1-3-14-16-12(8-6-9-13(16)18)17(21)20(19-14)15-10-5-4-7-11(15)2/h4-10H,3H2,1-2H3. The number of aryl methyl sites for hydroxylation is 2. The van der Waals surface area contributed by atoms with Gasteiger partial charge in [0.1, 0.15) is 0 Å². The smallest absolute Gasteiger partial charge is 0.267 e. The molecule has 4 heteroatoms. The molecule has 3 rings (SSSR count). The van der Waals surface area contributed by atoms with E-state index in [1.807, 2.05) is 56.3 Å². The highest BCUT2D eigenvalue weighted by atomic mass is 79.9. The number of hydrogen-bond acceptors (Lipinski definition) is 2. The molecule has 0 saturated carbocycles. The third kappa shape index (κ3) is 2.29. The molecule has 3 aromatic rings. The van der Waals surface area contributed by atoms with Crippen LogP contribution in [0.4, 0.5) is 0 Å². The van der Waals surface area contributed by atoms with E-state index in [4.69, 9.17) is 0 Å². The average Bonchev–Trinajstić information content (AvgIpc) is 2.49. The van der Waals surface area contributed by atoms with Gasteiger partial charge in [0.15, 0.2) is 0 Å². The number of benzene rings is 2. The first-order chi connectivity index (χ1) is 10.1. The van der Waals surface area contributed by atoms with Gasteiger partial charge in [-0.15, -0.1) is 0 Å². The zero-order chi connectivity index (χ0) is 15.0. The molecule has 0 aliphatic carbocycles. The van der Waals surface area contributed by atoms with Gasteiger partial charge in [-0.2, -0.15) is 9.78 Å². The average molecular weight is 343 g/mol. The molecule has 0 atom stereocenters. The molecule has 1 heterocycles. The number of hydrogen-bond donors (Lipinski definition) is 0. The van der Waals surface area contributed by atoms with Crippen LogP contribution in [0.15, 0.2) is 51.7 Å². The maximum absolute atomic E-state index is 12.8. The lowest BCUT2D eigenvalue weighted by atomic mass is 10.1. The SMILES string of the molecule is CCc1nn(-c2ccccc2C)c(=O)c2cccc(Br)c12. The van der Waals surface area contributed by atoms with Crippen LogP contribution in [0.2, 0.25) is 0 Å². The van der Waals surface area contributed by atoms with E-state index in [0.29, 0.717) is 5.39 Å². The summed E-state index contributed by atoms with van der Waals surface area (Å²) in [6.07, 6.45) is 0.769. The van der Waals surface area contributed by atoms with Gasteiger partial charge in [-0.25, -0.2) is 0 Å². The molecule has 2 aromatic carbocycles. The van der Waals surface area contributed by atoms with E-state index in [0.717, 1.165) is 33.2 Å². The molecule has 0 amide bonds. The minimum atomic E-state index is -0.0854. The van der Waals surface area contributed by atoms with Gasteiger partial charge in [0.2, 0.25) is 0 Å². The first kappa shape index (κ1) is 14.0. The number of fused-ring (bicyclic) bond motifs is 1.